The summed E-state index contributed by atoms with van der Waals surface area (Å²) in [6, 6.07) is 0. The van der Waals surface area contributed by atoms with Gasteiger partial charge in [0.1, 0.15) is 6.10 Å². The number of aliphatic hydroxyl groups excluding tert-OH is 1. The van der Waals surface area contributed by atoms with Gasteiger partial charge in [0.15, 0.2) is 0 Å². The van der Waals surface area contributed by atoms with Crippen molar-refractivity contribution < 1.29 is 9.84 Å². The van der Waals surface area contributed by atoms with E-state index in [1.54, 1.807) is 6.92 Å². The lowest BCUT2D eigenvalue weighted by atomic mass is 9.97. The molecule has 2 N–H and O–H groups in total. The third-order valence-corrected chi connectivity index (χ3v) is 4.51. The second-order valence-corrected chi connectivity index (χ2v) is 6.26. The van der Waals surface area contributed by atoms with Crippen molar-refractivity contribution in [1.82, 2.24) is 15.3 Å². The summed E-state index contributed by atoms with van der Waals surface area (Å²) in [6.07, 6.45) is 3.52. The number of nitrogens with zero attached hydrogens (tertiary/aromatic N) is 3. The molecule has 0 amide bonds. The Hall–Kier alpha value is -1.40. The lowest BCUT2D eigenvalue weighted by Crippen LogP contribution is -2.44. The number of hydrogen-bond donors (Lipinski definition) is 2. The summed E-state index contributed by atoms with van der Waals surface area (Å²) < 4.78 is 5.96. The van der Waals surface area contributed by atoms with Crippen molar-refractivity contribution in [1.29, 1.82) is 0 Å². The third kappa shape index (κ3) is 3.33. The number of fused-ring (bicyclic) bond motifs is 1. The normalized spacial score (nSPS) is 21.1. The quantitative estimate of drug-likeness (QED) is 0.862. The molecule has 0 bridgehead atoms. The smallest absolute Gasteiger partial charge is 0.228 e. The molecule has 22 heavy (non-hydrogen) atoms. The number of aromatic nitrogens is 2. The Kier molecular flexibility index (Phi) is 4.78. The van der Waals surface area contributed by atoms with E-state index in [-0.39, 0.29) is 6.10 Å². The predicted octanol–water partition coefficient (Wildman–Crippen LogP) is 0.913. The predicted molar refractivity (Wildman–Crippen MR) is 85.5 cm³/mol. The van der Waals surface area contributed by atoms with Crippen LogP contribution in [0.3, 0.4) is 0 Å². The van der Waals surface area contributed by atoms with Crippen molar-refractivity contribution in [3.05, 3.63) is 11.3 Å². The molecule has 1 saturated heterocycles. The molecule has 1 aliphatic carbocycles. The second-order valence-electron chi connectivity index (χ2n) is 6.26. The van der Waals surface area contributed by atoms with Crippen LogP contribution in [0.25, 0.3) is 0 Å². The summed E-state index contributed by atoms with van der Waals surface area (Å²) >= 11 is 0. The standard InChI is InChI=1S/C16H26N4O2/c1-11(21)12(2)22-15-13-5-3-4-6-14(13)18-16(19-15)20-9-7-17-8-10-20/h11-12,17,21H,3-10H2,1-2H3/t11-,12-/m1/s1. The van der Waals surface area contributed by atoms with E-state index in [4.69, 9.17) is 9.72 Å². The van der Waals surface area contributed by atoms with Crippen LogP contribution in [0.2, 0.25) is 0 Å². The van der Waals surface area contributed by atoms with Gasteiger partial charge in [-0.05, 0) is 39.5 Å². The highest BCUT2D eigenvalue weighted by Crippen LogP contribution is 2.30. The van der Waals surface area contributed by atoms with Crippen LogP contribution in [0.15, 0.2) is 0 Å². The van der Waals surface area contributed by atoms with E-state index in [2.05, 4.69) is 15.2 Å². The molecule has 1 aliphatic heterocycles. The van der Waals surface area contributed by atoms with E-state index in [0.29, 0.717) is 5.88 Å². The highest BCUT2D eigenvalue weighted by molar-refractivity contribution is 5.42. The zero-order valence-electron chi connectivity index (χ0n) is 13.5. The van der Waals surface area contributed by atoms with Crippen LogP contribution in [-0.2, 0) is 12.8 Å². The highest BCUT2D eigenvalue weighted by Gasteiger charge is 2.24. The Balaban J connectivity index is 1.91. The fraction of sp³-hybridized carbons (Fsp3) is 0.750. The van der Waals surface area contributed by atoms with Crippen molar-refractivity contribution in [2.75, 3.05) is 31.1 Å². The molecule has 6 heteroatoms. The molecule has 3 rings (SSSR count). The monoisotopic (exact) mass is 306 g/mol. The molecule has 0 radical (unpaired) electrons. The molecule has 1 aromatic rings. The first-order valence-electron chi connectivity index (χ1n) is 8.35. The van der Waals surface area contributed by atoms with Crippen molar-refractivity contribution in [2.24, 2.45) is 0 Å². The first-order chi connectivity index (χ1) is 10.6. The highest BCUT2D eigenvalue weighted by atomic mass is 16.5. The summed E-state index contributed by atoms with van der Waals surface area (Å²) in [4.78, 5) is 11.7. The van der Waals surface area contributed by atoms with Crippen LogP contribution >= 0.6 is 0 Å². The Bertz CT molecular complexity index is 515. The van der Waals surface area contributed by atoms with Crippen molar-refractivity contribution in [3.63, 3.8) is 0 Å². The van der Waals surface area contributed by atoms with Crippen molar-refractivity contribution in [3.8, 4) is 5.88 Å². The number of hydrogen-bond acceptors (Lipinski definition) is 6. The Morgan fingerprint density at radius 1 is 1.14 bits per heavy atom. The van der Waals surface area contributed by atoms with Gasteiger partial charge in [0.05, 0.1) is 11.8 Å². The molecule has 2 atom stereocenters. The van der Waals surface area contributed by atoms with Gasteiger partial charge in [-0.15, -0.1) is 0 Å². The van der Waals surface area contributed by atoms with Gasteiger partial charge < -0.3 is 20.1 Å². The zero-order chi connectivity index (χ0) is 15.5. The molecular formula is C16H26N4O2. The Morgan fingerprint density at radius 3 is 2.59 bits per heavy atom. The molecular weight excluding hydrogens is 280 g/mol. The maximum atomic E-state index is 9.72. The van der Waals surface area contributed by atoms with E-state index in [0.717, 1.165) is 62.6 Å². The fourth-order valence-electron chi connectivity index (χ4n) is 2.93. The Labute approximate surface area is 131 Å². The summed E-state index contributed by atoms with van der Waals surface area (Å²) in [5.74, 6) is 1.45. The zero-order valence-corrected chi connectivity index (χ0v) is 13.5. The number of aliphatic hydroxyl groups is 1. The molecule has 1 aromatic heterocycles. The van der Waals surface area contributed by atoms with Crippen LogP contribution in [-0.4, -0.2) is 53.5 Å². The van der Waals surface area contributed by atoms with Gasteiger partial charge in [0, 0.05) is 31.7 Å². The van der Waals surface area contributed by atoms with Gasteiger partial charge >= 0.3 is 0 Å². The molecule has 0 aromatic carbocycles. The van der Waals surface area contributed by atoms with Crippen LogP contribution in [0, 0.1) is 0 Å². The average molecular weight is 306 g/mol. The summed E-state index contributed by atoms with van der Waals surface area (Å²) in [7, 11) is 0. The lowest BCUT2D eigenvalue weighted by molar-refractivity contribution is 0.0565. The summed E-state index contributed by atoms with van der Waals surface area (Å²) in [6.45, 7) is 7.39. The molecule has 122 valence electrons. The lowest BCUT2D eigenvalue weighted by Gasteiger charge is -2.29. The SMILES string of the molecule is C[C@@H](O)[C@@H](C)Oc1nc(N2CCNCC2)nc2c1CCCC2. The first kappa shape index (κ1) is 15.5. The van der Waals surface area contributed by atoms with E-state index in [1.807, 2.05) is 6.92 Å². The van der Waals surface area contributed by atoms with Crippen LogP contribution < -0.4 is 15.0 Å². The minimum Gasteiger partial charge on any atom is -0.472 e. The molecule has 0 spiro atoms. The van der Waals surface area contributed by atoms with E-state index in [1.165, 1.54) is 6.42 Å². The van der Waals surface area contributed by atoms with Gasteiger partial charge in [0.25, 0.3) is 0 Å². The molecule has 0 saturated carbocycles. The van der Waals surface area contributed by atoms with Gasteiger partial charge in [-0.2, -0.15) is 4.98 Å². The number of piperazine rings is 1. The van der Waals surface area contributed by atoms with Crippen LogP contribution in [0.5, 0.6) is 5.88 Å². The van der Waals surface area contributed by atoms with Gasteiger partial charge in [-0.3, -0.25) is 0 Å². The summed E-state index contributed by atoms with van der Waals surface area (Å²) in [5, 5.41) is 13.1. The average Bonchev–Trinajstić information content (AvgIpc) is 2.55. The van der Waals surface area contributed by atoms with Crippen LogP contribution in [0.1, 0.15) is 37.9 Å². The van der Waals surface area contributed by atoms with E-state index in [9.17, 15) is 5.11 Å². The van der Waals surface area contributed by atoms with E-state index >= 15 is 0 Å². The molecule has 6 nitrogen and oxygen atoms in total. The Morgan fingerprint density at radius 2 is 1.86 bits per heavy atom. The number of nitrogens with one attached hydrogen (secondary N) is 1. The maximum absolute atomic E-state index is 9.72. The second kappa shape index (κ2) is 6.79. The summed E-state index contributed by atoms with van der Waals surface area (Å²) in [5.41, 5.74) is 2.26. The van der Waals surface area contributed by atoms with Gasteiger partial charge in [-0.25, -0.2) is 4.98 Å². The minimum atomic E-state index is -0.517. The van der Waals surface area contributed by atoms with Crippen molar-refractivity contribution >= 4 is 5.95 Å². The third-order valence-electron chi connectivity index (χ3n) is 4.51. The number of aryl methyl sites for hydroxylation is 1. The number of rotatable bonds is 4. The number of ether oxygens (including phenoxy) is 1. The molecule has 2 heterocycles. The van der Waals surface area contributed by atoms with E-state index < -0.39 is 6.10 Å². The van der Waals surface area contributed by atoms with Gasteiger partial charge in [0.2, 0.25) is 11.8 Å². The van der Waals surface area contributed by atoms with Crippen LogP contribution in [0.4, 0.5) is 5.95 Å². The maximum Gasteiger partial charge on any atom is 0.228 e. The minimum absolute atomic E-state index is 0.267. The molecule has 2 aliphatic rings. The first-order valence-corrected chi connectivity index (χ1v) is 8.35. The molecule has 0 unspecified atom stereocenters. The van der Waals surface area contributed by atoms with Gasteiger partial charge in [-0.1, -0.05) is 0 Å². The number of anilines is 1. The topological polar surface area (TPSA) is 70.5 Å². The fourth-order valence-corrected chi connectivity index (χ4v) is 2.93. The molecule has 1 fully saturated rings. The largest absolute Gasteiger partial charge is 0.472 e. The van der Waals surface area contributed by atoms with Crippen molar-refractivity contribution in [2.45, 2.75) is 51.7 Å².